The molecule has 4 rings (SSSR count). The molecule has 7 nitrogen and oxygen atoms in total. The number of fused-ring (bicyclic) bond motifs is 1. The Kier molecular flexibility index (Phi) is 4.18. The van der Waals surface area contributed by atoms with Crippen molar-refractivity contribution in [1.82, 2.24) is 18.7 Å². The van der Waals surface area contributed by atoms with E-state index in [0.29, 0.717) is 21.5 Å². The highest BCUT2D eigenvalue weighted by Gasteiger charge is 2.21. The Morgan fingerprint density at radius 1 is 1.33 bits per heavy atom. The number of halogens is 1. The van der Waals surface area contributed by atoms with Gasteiger partial charge in [-0.05, 0) is 42.7 Å². The molecule has 0 aliphatic rings. The van der Waals surface area contributed by atoms with E-state index in [2.05, 4.69) is 15.4 Å². The average molecular weight is 397 g/mol. The van der Waals surface area contributed by atoms with Gasteiger partial charge in [0.25, 0.3) is 5.56 Å². The molecule has 0 bridgehead atoms. The Balaban J connectivity index is 1.90. The normalized spacial score (nSPS) is 10.9. The summed E-state index contributed by atoms with van der Waals surface area (Å²) in [4.78, 5) is 17.1. The van der Waals surface area contributed by atoms with Crippen LogP contribution < -0.4 is 10.9 Å². The molecule has 1 aromatic carbocycles. The molecular formula is C18H13ClN6OS. The minimum Gasteiger partial charge on any atom is -0.343 e. The number of nitrogens with zero attached hydrogens (tertiary/aromatic N) is 5. The third-order valence-corrected chi connectivity index (χ3v) is 5.49. The molecule has 0 aliphatic carbocycles. The van der Waals surface area contributed by atoms with Gasteiger partial charge in [-0.2, -0.15) is 10.4 Å². The van der Waals surface area contributed by atoms with Crippen LogP contribution in [-0.4, -0.2) is 18.7 Å². The van der Waals surface area contributed by atoms with Crippen LogP contribution in [0, 0.1) is 18.3 Å². The minimum absolute atomic E-state index is 0.0255. The fraction of sp³-hybridized carbons (Fsp3) is 0.111. The molecule has 0 spiro atoms. The van der Waals surface area contributed by atoms with Crippen LogP contribution in [0.4, 0.5) is 10.7 Å². The number of pyridine rings is 1. The van der Waals surface area contributed by atoms with Crippen LogP contribution in [0.1, 0.15) is 11.1 Å². The highest BCUT2D eigenvalue weighted by Crippen LogP contribution is 2.35. The van der Waals surface area contributed by atoms with Crippen molar-refractivity contribution in [2.75, 3.05) is 5.32 Å². The monoisotopic (exact) mass is 396 g/mol. The SMILES string of the molecule is Cc1cnn(C)c1-n1sc(Nc2c(Cl)ccc3ncccc23)c(C#N)c1=O. The number of hydrogen-bond acceptors (Lipinski definition) is 6. The molecule has 0 unspecified atom stereocenters. The molecule has 0 radical (unpaired) electrons. The number of nitrogens with one attached hydrogen (secondary N) is 1. The van der Waals surface area contributed by atoms with Gasteiger partial charge in [-0.3, -0.25) is 14.5 Å². The first-order chi connectivity index (χ1) is 13.0. The summed E-state index contributed by atoms with van der Waals surface area (Å²) in [7, 11) is 1.75. The number of anilines is 2. The zero-order valence-corrected chi connectivity index (χ0v) is 16.0. The lowest BCUT2D eigenvalue weighted by Gasteiger charge is -2.10. The van der Waals surface area contributed by atoms with Crippen molar-refractivity contribution in [3.63, 3.8) is 0 Å². The van der Waals surface area contributed by atoms with Gasteiger partial charge in [-0.15, -0.1) is 0 Å². The predicted molar refractivity (Wildman–Crippen MR) is 106 cm³/mol. The highest BCUT2D eigenvalue weighted by molar-refractivity contribution is 7.11. The summed E-state index contributed by atoms with van der Waals surface area (Å²) in [5.74, 6) is 0.625. The van der Waals surface area contributed by atoms with E-state index in [-0.39, 0.29) is 5.56 Å². The molecule has 0 amide bonds. The molecule has 27 heavy (non-hydrogen) atoms. The van der Waals surface area contributed by atoms with Crippen molar-refractivity contribution in [2.45, 2.75) is 6.92 Å². The molecular weight excluding hydrogens is 384 g/mol. The molecule has 0 saturated heterocycles. The molecule has 3 heterocycles. The highest BCUT2D eigenvalue weighted by atomic mass is 35.5. The number of rotatable bonds is 3. The van der Waals surface area contributed by atoms with E-state index in [1.807, 2.05) is 31.2 Å². The summed E-state index contributed by atoms with van der Waals surface area (Å²) >= 11 is 7.52. The molecule has 9 heteroatoms. The van der Waals surface area contributed by atoms with Crippen LogP contribution in [0.5, 0.6) is 0 Å². The Morgan fingerprint density at radius 3 is 2.85 bits per heavy atom. The summed E-state index contributed by atoms with van der Waals surface area (Å²) in [5, 5.41) is 18.6. The second-order valence-electron chi connectivity index (χ2n) is 5.90. The number of hydrogen-bond donors (Lipinski definition) is 1. The van der Waals surface area contributed by atoms with Crippen molar-refractivity contribution in [2.24, 2.45) is 7.05 Å². The maximum atomic E-state index is 12.8. The maximum Gasteiger partial charge on any atom is 0.286 e. The predicted octanol–water partition coefficient (Wildman–Crippen LogP) is 3.76. The van der Waals surface area contributed by atoms with Crippen LogP contribution >= 0.6 is 23.1 Å². The van der Waals surface area contributed by atoms with E-state index in [4.69, 9.17) is 11.6 Å². The zero-order chi connectivity index (χ0) is 19.1. The standard InChI is InChI=1S/C18H13ClN6OS/c1-10-9-22-24(2)17(10)25-18(26)12(8-20)16(27-25)23-15-11-4-3-7-21-14(11)6-5-13(15)19/h3-7,9,23H,1-2H3. The third kappa shape index (κ3) is 2.77. The number of nitriles is 1. The lowest BCUT2D eigenvalue weighted by Crippen LogP contribution is -2.17. The van der Waals surface area contributed by atoms with E-state index in [9.17, 15) is 10.1 Å². The lowest BCUT2D eigenvalue weighted by atomic mass is 10.2. The molecule has 4 aromatic rings. The van der Waals surface area contributed by atoms with E-state index in [1.165, 1.54) is 3.96 Å². The molecule has 3 aromatic heterocycles. The Labute approximate surface area is 163 Å². The quantitative estimate of drug-likeness (QED) is 0.569. The summed E-state index contributed by atoms with van der Waals surface area (Å²) in [6.07, 6.45) is 3.37. The number of benzene rings is 1. The van der Waals surface area contributed by atoms with E-state index < -0.39 is 5.56 Å². The molecule has 134 valence electrons. The fourth-order valence-corrected chi connectivity index (χ4v) is 4.19. The van der Waals surface area contributed by atoms with Gasteiger partial charge in [-0.1, -0.05) is 11.6 Å². The topological polar surface area (TPSA) is 88.5 Å². The first kappa shape index (κ1) is 17.3. The van der Waals surface area contributed by atoms with Crippen molar-refractivity contribution in [3.8, 4) is 11.9 Å². The molecule has 0 saturated carbocycles. The van der Waals surface area contributed by atoms with Gasteiger partial charge >= 0.3 is 0 Å². The van der Waals surface area contributed by atoms with Gasteiger partial charge in [0.15, 0.2) is 11.4 Å². The van der Waals surface area contributed by atoms with Gasteiger partial charge in [0, 0.05) is 24.2 Å². The van der Waals surface area contributed by atoms with Crippen LogP contribution in [-0.2, 0) is 7.05 Å². The average Bonchev–Trinajstić information content (AvgIpc) is 3.15. The Hall–Kier alpha value is -3.15. The smallest absolute Gasteiger partial charge is 0.286 e. The summed E-state index contributed by atoms with van der Waals surface area (Å²) < 4.78 is 3.06. The van der Waals surface area contributed by atoms with Gasteiger partial charge in [0.2, 0.25) is 0 Å². The summed E-state index contributed by atoms with van der Waals surface area (Å²) in [5.41, 5.74) is 1.83. The largest absolute Gasteiger partial charge is 0.343 e. The molecule has 1 N–H and O–H groups in total. The Morgan fingerprint density at radius 2 is 2.15 bits per heavy atom. The second kappa shape index (κ2) is 6.54. The first-order valence-corrected chi connectivity index (χ1v) is 9.12. The van der Waals surface area contributed by atoms with Gasteiger partial charge < -0.3 is 5.32 Å². The van der Waals surface area contributed by atoms with Crippen LogP contribution in [0.2, 0.25) is 5.02 Å². The summed E-state index contributed by atoms with van der Waals surface area (Å²) in [6, 6.07) is 9.24. The fourth-order valence-electron chi connectivity index (χ4n) is 2.90. The van der Waals surface area contributed by atoms with E-state index >= 15 is 0 Å². The number of aromatic nitrogens is 4. The van der Waals surface area contributed by atoms with Crippen molar-refractivity contribution < 1.29 is 0 Å². The third-order valence-electron chi connectivity index (χ3n) is 4.17. The first-order valence-electron chi connectivity index (χ1n) is 7.97. The molecule has 0 fully saturated rings. The van der Waals surface area contributed by atoms with E-state index in [1.54, 1.807) is 30.2 Å². The van der Waals surface area contributed by atoms with Crippen LogP contribution in [0.3, 0.4) is 0 Å². The van der Waals surface area contributed by atoms with E-state index in [0.717, 1.165) is 28.0 Å². The van der Waals surface area contributed by atoms with Crippen molar-refractivity contribution in [3.05, 3.63) is 63.2 Å². The van der Waals surface area contributed by atoms with Gasteiger partial charge in [-0.25, -0.2) is 3.96 Å². The van der Waals surface area contributed by atoms with Gasteiger partial charge in [0.1, 0.15) is 11.1 Å². The van der Waals surface area contributed by atoms with Crippen LogP contribution in [0.25, 0.3) is 16.7 Å². The zero-order valence-electron chi connectivity index (χ0n) is 14.4. The minimum atomic E-state index is -0.397. The molecule has 0 aliphatic heterocycles. The van der Waals surface area contributed by atoms with Crippen LogP contribution in [0.15, 0.2) is 41.5 Å². The lowest BCUT2D eigenvalue weighted by molar-refractivity contribution is 0.737. The number of aryl methyl sites for hydroxylation is 2. The van der Waals surface area contributed by atoms with Gasteiger partial charge in [0.05, 0.1) is 22.4 Å². The molecule has 0 atom stereocenters. The van der Waals surface area contributed by atoms with Crippen molar-refractivity contribution in [1.29, 1.82) is 5.26 Å². The summed E-state index contributed by atoms with van der Waals surface area (Å²) in [6.45, 7) is 1.86. The maximum absolute atomic E-state index is 12.8. The Bertz CT molecular complexity index is 1260. The van der Waals surface area contributed by atoms with Crippen molar-refractivity contribution >= 4 is 44.7 Å². The second-order valence-corrected chi connectivity index (χ2v) is 7.26.